The Morgan fingerprint density at radius 3 is 1.34 bits per heavy atom. The summed E-state index contributed by atoms with van der Waals surface area (Å²) >= 11 is 0. The van der Waals surface area contributed by atoms with Crippen molar-refractivity contribution in [2.75, 3.05) is 13.2 Å². The summed E-state index contributed by atoms with van der Waals surface area (Å²) in [5.41, 5.74) is 0. The van der Waals surface area contributed by atoms with E-state index in [-0.39, 0.29) is 13.2 Å². The predicted molar refractivity (Wildman–Crippen MR) is 110 cm³/mol. The van der Waals surface area contributed by atoms with Crippen LogP contribution in [0.1, 0.15) is 12.8 Å². The molecule has 0 saturated carbocycles. The first-order chi connectivity index (χ1) is 13.3. The van der Waals surface area contributed by atoms with Gasteiger partial charge in [0.05, 0.1) is 13.2 Å². The van der Waals surface area contributed by atoms with Crippen LogP contribution in [0.4, 0.5) is 0 Å². The lowest BCUT2D eigenvalue weighted by Crippen LogP contribution is -2.44. The van der Waals surface area contributed by atoms with E-state index in [0.717, 1.165) is 36.4 Å². The zero-order chi connectivity index (χ0) is 22.5. The van der Waals surface area contributed by atoms with Crippen LogP contribution < -0.4 is 0 Å². The van der Waals surface area contributed by atoms with Crippen LogP contribution >= 0.6 is 0 Å². The Kier molecular flexibility index (Phi) is 12.1. The molecule has 0 aromatic carbocycles. The van der Waals surface area contributed by atoms with Crippen molar-refractivity contribution < 1.29 is 43.0 Å². The summed E-state index contributed by atoms with van der Waals surface area (Å²) in [7, 11) is -3.96. The molecule has 11 heteroatoms. The largest absolute Gasteiger partial charge is 0.478 e. The van der Waals surface area contributed by atoms with E-state index in [0.29, 0.717) is 12.8 Å². The maximum atomic E-state index is 11.3. The highest BCUT2D eigenvalue weighted by Crippen LogP contribution is 2.23. The lowest BCUT2D eigenvalue weighted by Gasteiger charge is -2.34. The molecule has 0 aliphatic carbocycles. The average molecular weight is 447 g/mol. The van der Waals surface area contributed by atoms with E-state index in [1.165, 1.54) is 0 Å². The summed E-state index contributed by atoms with van der Waals surface area (Å²) in [6.45, 7) is 8.75. The molecule has 0 heterocycles. The minimum Gasteiger partial charge on any atom is -0.478 e. The van der Waals surface area contributed by atoms with Gasteiger partial charge in [0.15, 0.2) is 16.6 Å². The quantitative estimate of drug-likeness (QED) is 0.178. The van der Waals surface area contributed by atoms with E-state index in [9.17, 15) is 19.2 Å². The van der Waals surface area contributed by atoms with Crippen molar-refractivity contribution in [1.82, 2.24) is 0 Å². The van der Waals surface area contributed by atoms with Crippen LogP contribution in [-0.2, 0) is 32.8 Å². The fourth-order valence-electron chi connectivity index (χ4n) is 2.57. The topological polar surface area (TPSA) is 136 Å². The summed E-state index contributed by atoms with van der Waals surface area (Å²) in [4.78, 5) is 43.3. The van der Waals surface area contributed by atoms with Gasteiger partial charge in [-0.15, -0.1) is 0 Å². The predicted octanol–water partition coefficient (Wildman–Crippen LogP) is 2.56. The fourth-order valence-corrected chi connectivity index (χ4v) is 11.4. The number of ether oxygens (including phenoxy) is 2. The number of carboxylic acids is 2. The number of hydrogen-bond acceptors (Lipinski definition) is 7. The second-order valence-corrected chi connectivity index (χ2v) is 16.4. The summed E-state index contributed by atoms with van der Waals surface area (Å²) in [5, 5.41) is 16.9. The number of carbonyl (C=O) groups is 4. The van der Waals surface area contributed by atoms with Crippen LogP contribution in [0.3, 0.4) is 0 Å². The van der Waals surface area contributed by atoms with Crippen LogP contribution in [-0.4, -0.2) is 63.9 Å². The molecule has 0 spiro atoms. The first-order valence-electron chi connectivity index (χ1n) is 9.19. The first kappa shape index (κ1) is 26.8. The second-order valence-electron chi connectivity index (χ2n) is 7.51. The number of hydrogen-bond donors (Lipinski definition) is 2. The minimum absolute atomic E-state index is 0.199. The summed E-state index contributed by atoms with van der Waals surface area (Å²) in [5.74, 6) is -3.78. The van der Waals surface area contributed by atoms with E-state index in [1.807, 2.05) is 0 Å². The van der Waals surface area contributed by atoms with Crippen LogP contribution in [0.25, 0.3) is 0 Å². The molecule has 9 nitrogen and oxygen atoms in total. The summed E-state index contributed by atoms with van der Waals surface area (Å²) in [6.07, 6.45) is 4.48. The monoisotopic (exact) mass is 446 g/mol. The Labute approximate surface area is 172 Å². The highest BCUT2D eigenvalue weighted by molar-refractivity contribution is 6.84. The average Bonchev–Trinajstić information content (AvgIpc) is 2.58. The standard InChI is InChI=1S/C18H30O9Si2/c1-28(2,13-5-11-25-17(23)9-7-15(19)20)27-29(3,4)14-6-12-26-18(24)10-8-16(21)22/h7-10H,5-6,11-14H2,1-4H3,(H,19,20)(H,21,22)/b9-7-,10-8-. The van der Waals surface area contributed by atoms with Crippen LogP contribution in [0.15, 0.2) is 24.3 Å². The molecule has 0 unspecified atom stereocenters. The number of aliphatic carboxylic acids is 2. The number of carbonyl (C=O) groups excluding carboxylic acids is 2. The number of esters is 2. The Hall–Kier alpha value is -2.25. The molecule has 0 aliphatic heterocycles. The van der Waals surface area contributed by atoms with Gasteiger partial charge < -0.3 is 23.8 Å². The molecular weight excluding hydrogens is 416 g/mol. The van der Waals surface area contributed by atoms with Gasteiger partial charge in [-0.2, -0.15) is 0 Å². The summed E-state index contributed by atoms with van der Waals surface area (Å²) in [6, 6.07) is 1.57. The molecule has 0 amide bonds. The van der Waals surface area contributed by atoms with Gasteiger partial charge >= 0.3 is 23.9 Å². The molecule has 0 saturated heterocycles. The van der Waals surface area contributed by atoms with Crippen LogP contribution in [0, 0.1) is 0 Å². The van der Waals surface area contributed by atoms with Gasteiger partial charge in [-0.1, -0.05) is 0 Å². The van der Waals surface area contributed by atoms with E-state index in [1.54, 1.807) is 0 Å². The van der Waals surface area contributed by atoms with Gasteiger partial charge in [0.1, 0.15) is 0 Å². The molecule has 0 radical (unpaired) electrons. The van der Waals surface area contributed by atoms with Gasteiger partial charge in [-0.05, 0) is 51.1 Å². The third-order valence-electron chi connectivity index (χ3n) is 3.61. The van der Waals surface area contributed by atoms with Crippen LogP contribution in [0.5, 0.6) is 0 Å². The van der Waals surface area contributed by atoms with E-state index >= 15 is 0 Å². The molecule has 2 N–H and O–H groups in total. The Morgan fingerprint density at radius 2 is 1.03 bits per heavy atom. The number of carboxylic acid groups (broad SMARTS) is 2. The third kappa shape index (κ3) is 16.4. The normalized spacial score (nSPS) is 12.3. The zero-order valence-electron chi connectivity index (χ0n) is 17.3. The van der Waals surface area contributed by atoms with Crippen molar-refractivity contribution in [1.29, 1.82) is 0 Å². The lowest BCUT2D eigenvalue weighted by molar-refractivity contribution is -0.139. The van der Waals surface area contributed by atoms with E-state index in [4.69, 9.17) is 23.8 Å². The first-order valence-corrected chi connectivity index (χ1v) is 15.4. The van der Waals surface area contributed by atoms with Crippen molar-refractivity contribution in [3.05, 3.63) is 24.3 Å². The molecule has 0 bridgehead atoms. The molecule has 29 heavy (non-hydrogen) atoms. The zero-order valence-corrected chi connectivity index (χ0v) is 19.3. The molecule has 164 valence electrons. The molecule has 0 rings (SSSR count). The van der Waals surface area contributed by atoms with E-state index < -0.39 is 40.5 Å². The molecule has 0 aliphatic rings. The molecule has 0 aromatic rings. The molecule has 0 atom stereocenters. The van der Waals surface area contributed by atoms with Gasteiger partial charge in [0.25, 0.3) is 0 Å². The van der Waals surface area contributed by atoms with Crippen molar-refractivity contribution in [2.45, 2.75) is 51.1 Å². The maximum Gasteiger partial charge on any atom is 0.331 e. The maximum absolute atomic E-state index is 11.3. The second kappa shape index (κ2) is 13.1. The van der Waals surface area contributed by atoms with Gasteiger partial charge in [0, 0.05) is 24.3 Å². The Bertz CT molecular complexity index is 585. The third-order valence-corrected chi connectivity index (χ3v) is 11.1. The smallest absolute Gasteiger partial charge is 0.331 e. The van der Waals surface area contributed by atoms with Crippen molar-refractivity contribution >= 4 is 40.5 Å². The molecule has 0 fully saturated rings. The highest BCUT2D eigenvalue weighted by Gasteiger charge is 2.32. The SMILES string of the molecule is C[Si](C)(CCCOC(=O)/C=C\C(=O)O)O[Si](C)(C)CCCOC(=O)/C=C\C(=O)O. The lowest BCUT2D eigenvalue weighted by atomic mass is 10.5. The molecular formula is C18H30O9Si2. The molecule has 0 aromatic heterocycles. The van der Waals surface area contributed by atoms with Gasteiger partial charge in [-0.25, -0.2) is 19.2 Å². The highest BCUT2D eigenvalue weighted by atomic mass is 28.4. The van der Waals surface area contributed by atoms with Gasteiger partial charge in [-0.3, -0.25) is 0 Å². The van der Waals surface area contributed by atoms with Crippen molar-refractivity contribution in [3.8, 4) is 0 Å². The van der Waals surface area contributed by atoms with Crippen LogP contribution in [0.2, 0.25) is 38.3 Å². The van der Waals surface area contributed by atoms with Crippen molar-refractivity contribution in [2.24, 2.45) is 0 Å². The fraction of sp³-hybridized carbons (Fsp3) is 0.556. The van der Waals surface area contributed by atoms with E-state index in [2.05, 4.69) is 26.2 Å². The minimum atomic E-state index is -1.98. The van der Waals surface area contributed by atoms with Gasteiger partial charge in [0.2, 0.25) is 0 Å². The summed E-state index contributed by atoms with van der Waals surface area (Å²) < 4.78 is 16.3. The van der Waals surface area contributed by atoms with Crippen molar-refractivity contribution in [3.63, 3.8) is 0 Å². The number of rotatable bonds is 14. The Balaban J connectivity index is 4.17. The Morgan fingerprint density at radius 1 is 0.690 bits per heavy atom.